The zero-order valence-corrected chi connectivity index (χ0v) is 24.8. The first-order valence-electron chi connectivity index (χ1n) is 16.2. The Morgan fingerprint density at radius 3 is 1.19 bits per heavy atom. The van der Waals surface area contributed by atoms with Crippen molar-refractivity contribution >= 4 is 0 Å². The van der Waals surface area contributed by atoms with Gasteiger partial charge < -0.3 is 20.4 Å². The van der Waals surface area contributed by atoms with Gasteiger partial charge >= 0.3 is 0 Å². The van der Waals surface area contributed by atoms with E-state index in [1.54, 1.807) is 0 Å². The van der Waals surface area contributed by atoms with Crippen molar-refractivity contribution in [3.8, 4) is 0 Å². The van der Waals surface area contributed by atoms with Crippen molar-refractivity contribution in [1.82, 2.24) is 0 Å². The van der Waals surface area contributed by atoms with Crippen LogP contribution >= 0.6 is 0 Å². The van der Waals surface area contributed by atoms with Crippen LogP contribution in [0.4, 0.5) is 0 Å². The van der Waals surface area contributed by atoms with Gasteiger partial charge in [0.05, 0.1) is 24.4 Å². The molecule has 0 saturated heterocycles. The van der Waals surface area contributed by atoms with Crippen LogP contribution in [0, 0.1) is 71.0 Å². The summed E-state index contributed by atoms with van der Waals surface area (Å²) in [6.07, 6.45) is 11.3. The van der Waals surface area contributed by atoms with Crippen LogP contribution in [-0.4, -0.2) is 44.8 Å². The maximum atomic E-state index is 11.3. The van der Waals surface area contributed by atoms with Crippen LogP contribution < -0.4 is 0 Å². The zero-order valence-electron chi connectivity index (χ0n) is 24.8. The Bertz CT molecular complexity index is 654. The second-order valence-electron chi connectivity index (χ2n) is 15.1. The number of rotatable bonds is 6. The predicted molar refractivity (Wildman–Crippen MR) is 151 cm³/mol. The van der Waals surface area contributed by atoms with E-state index in [1.807, 2.05) is 0 Å². The molecule has 4 rings (SSSR count). The van der Waals surface area contributed by atoms with Gasteiger partial charge in [-0.1, -0.05) is 41.5 Å². The lowest BCUT2D eigenvalue weighted by atomic mass is 9.58. The van der Waals surface area contributed by atoms with E-state index in [-0.39, 0.29) is 24.4 Å². The van der Waals surface area contributed by atoms with E-state index in [0.29, 0.717) is 71.0 Å². The summed E-state index contributed by atoms with van der Waals surface area (Å²) in [5, 5.41) is 43.0. The molecule has 0 amide bonds. The van der Waals surface area contributed by atoms with E-state index in [9.17, 15) is 20.4 Å². The SMILES string of the molecule is CC1CC(CC2C(C)C(CC3CC(C)C(O)C(CC4CCC(O)C(C)C4)C3C)CC(C)C2O)CCC1O. The van der Waals surface area contributed by atoms with Crippen molar-refractivity contribution in [2.45, 2.75) is 137 Å². The molecule has 4 N–H and O–H groups in total. The minimum absolute atomic E-state index is 0.142. The first kappa shape index (κ1) is 29.8. The molecule has 0 spiro atoms. The molecule has 4 saturated carbocycles. The van der Waals surface area contributed by atoms with E-state index >= 15 is 0 Å². The summed E-state index contributed by atoms with van der Waals surface area (Å²) in [4.78, 5) is 0. The molecular formula is C33H60O4. The van der Waals surface area contributed by atoms with Crippen molar-refractivity contribution < 1.29 is 20.4 Å². The molecular weight excluding hydrogens is 460 g/mol. The number of hydrogen-bond acceptors (Lipinski definition) is 4. The standard InChI is InChI=1S/C33H60O4/c1-18-11-24(7-9-30(18)34)15-28-22(5)26(13-20(3)32(28)36)17-27-14-21(4)33(37)29(23(27)6)16-25-8-10-31(35)19(2)12-25/h18-37H,7-17H2,1-6H3. The van der Waals surface area contributed by atoms with Gasteiger partial charge in [0, 0.05) is 0 Å². The molecule has 4 heteroatoms. The van der Waals surface area contributed by atoms with Gasteiger partial charge in [0.1, 0.15) is 0 Å². The van der Waals surface area contributed by atoms with Crippen LogP contribution in [0.15, 0.2) is 0 Å². The molecule has 16 unspecified atom stereocenters. The highest BCUT2D eigenvalue weighted by Gasteiger charge is 2.46. The van der Waals surface area contributed by atoms with Crippen LogP contribution in [-0.2, 0) is 0 Å². The fourth-order valence-corrected chi connectivity index (χ4v) is 9.73. The molecule has 37 heavy (non-hydrogen) atoms. The lowest BCUT2D eigenvalue weighted by Gasteiger charge is -2.49. The van der Waals surface area contributed by atoms with Gasteiger partial charge in [-0.25, -0.2) is 0 Å². The molecule has 0 aliphatic heterocycles. The van der Waals surface area contributed by atoms with Crippen LogP contribution in [0.25, 0.3) is 0 Å². The Labute approximate surface area is 228 Å². The predicted octanol–water partition coefficient (Wildman–Crippen LogP) is 6.29. The number of hydrogen-bond donors (Lipinski definition) is 4. The monoisotopic (exact) mass is 520 g/mol. The molecule has 4 aliphatic carbocycles. The van der Waals surface area contributed by atoms with Crippen LogP contribution in [0.1, 0.15) is 112 Å². The molecule has 4 aliphatic rings. The summed E-state index contributed by atoms with van der Waals surface area (Å²) < 4.78 is 0. The first-order valence-corrected chi connectivity index (χ1v) is 16.2. The molecule has 0 aromatic carbocycles. The summed E-state index contributed by atoms with van der Waals surface area (Å²) in [6, 6.07) is 0. The number of aliphatic hydroxyl groups is 4. The van der Waals surface area contributed by atoms with E-state index in [0.717, 1.165) is 64.2 Å². The third kappa shape index (κ3) is 6.77. The first-order chi connectivity index (χ1) is 17.5. The highest BCUT2D eigenvalue weighted by atomic mass is 16.3. The fourth-order valence-electron chi connectivity index (χ4n) is 9.73. The summed E-state index contributed by atoms with van der Waals surface area (Å²) in [6.45, 7) is 13.8. The van der Waals surface area contributed by atoms with E-state index in [4.69, 9.17) is 0 Å². The maximum Gasteiger partial charge on any atom is 0.0596 e. The van der Waals surface area contributed by atoms with Crippen molar-refractivity contribution in [3.63, 3.8) is 0 Å². The smallest absolute Gasteiger partial charge is 0.0596 e. The van der Waals surface area contributed by atoms with E-state index < -0.39 is 0 Å². The summed E-state index contributed by atoms with van der Waals surface area (Å²) in [5.41, 5.74) is 0. The van der Waals surface area contributed by atoms with Crippen molar-refractivity contribution in [3.05, 3.63) is 0 Å². The highest BCUT2D eigenvalue weighted by molar-refractivity contribution is 4.96. The Balaban J connectivity index is 1.40. The Morgan fingerprint density at radius 2 is 0.838 bits per heavy atom. The molecule has 216 valence electrons. The number of aliphatic hydroxyl groups excluding tert-OH is 4. The quantitative estimate of drug-likeness (QED) is 0.332. The maximum absolute atomic E-state index is 11.3. The van der Waals surface area contributed by atoms with Crippen molar-refractivity contribution in [1.29, 1.82) is 0 Å². The fraction of sp³-hybridized carbons (Fsp3) is 1.00. The molecule has 0 aromatic heterocycles. The van der Waals surface area contributed by atoms with Crippen LogP contribution in [0.5, 0.6) is 0 Å². The average Bonchev–Trinajstić information content (AvgIpc) is 2.85. The molecule has 16 atom stereocenters. The lowest BCUT2D eigenvalue weighted by molar-refractivity contribution is -0.0758. The third-order valence-electron chi connectivity index (χ3n) is 12.5. The lowest BCUT2D eigenvalue weighted by Crippen LogP contribution is -2.46. The second kappa shape index (κ2) is 12.6. The van der Waals surface area contributed by atoms with Gasteiger partial charge in [0.2, 0.25) is 0 Å². The molecule has 0 radical (unpaired) electrons. The molecule has 0 aromatic rings. The van der Waals surface area contributed by atoms with E-state index in [2.05, 4.69) is 41.5 Å². The Morgan fingerprint density at radius 1 is 0.459 bits per heavy atom. The minimum atomic E-state index is -0.200. The average molecular weight is 521 g/mol. The van der Waals surface area contributed by atoms with Gasteiger partial charge in [-0.2, -0.15) is 0 Å². The summed E-state index contributed by atoms with van der Waals surface area (Å²) in [5.74, 6) is 5.83. The molecule has 0 bridgehead atoms. The topological polar surface area (TPSA) is 80.9 Å². The zero-order chi connectivity index (χ0) is 27.0. The Hall–Kier alpha value is -0.160. The Kier molecular flexibility index (Phi) is 10.1. The summed E-state index contributed by atoms with van der Waals surface area (Å²) in [7, 11) is 0. The normalized spacial score (nSPS) is 53.7. The van der Waals surface area contributed by atoms with Gasteiger partial charge in [0.25, 0.3) is 0 Å². The van der Waals surface area contributed by atoms with Crippen molar-refractivity contribution in [2.75, 3.05) is 0 Å². The molecule has 0 heterocycles. The van der Waals surface area contributed by atoms with Crippen LogP contribution in [0.2, 0.25) is 0 Å². The van der Waals surface area contributed by atoms with E-state index in [1.165, 1.54) is 6.42 Å². The van der Waals surface area contributed by atoms with Gasteiger partial charge in [-0.15, -0.1) is 0 Å². The summed E-state index contributed by atoms with van der Waals surface area (Å²) >= 11 is 0. The van der Waals surface area contributed by atoms with Crippen molar-refractivity contribution in [2.24, 2.45) is 71.0 Å². The minimum Gasteiger partial charge on any atom is -0.393 e. The third-order valence-corrected chi connectivity index (χ3v) is 12.5. The van der Waals surface area contributed by atoms with Gasteiger partial charge in [-0.3, -0.25) is 0 Å². The van der Waals surface area contributed by atoms with Gasteiger partial charge in [0.15, 0.2) is 0 Å². The largest absolute Gasteiger partial charge is 0.393 e. The highest BCUT2D eigenvalue weighted by Crippen LogP contribution is 2.50. The molecule has 4 fully saturated rings. The molecule has 4 nitrogen and oxygen atoms in total. The van der Waals surface area contributed by atoms with Crippen LogP contribution in [0.3, 0.4) is 0 Å². The van der Waals surface area contributed by atoms with Gasteiger partial charge in [-0.05, 0) is 142 Å². The second-order valence-corrected chi connectivity index (χ2v) is 15.1.